The molecule has 0 saturated carbocycles. The summed E-state index contributed by atoms with van der Waals surface area (Å²) in [5.74, 6) is 0.263. The molecule has 1 aromatic carbocycles. The normalized spacial score (nSPS) is 11.7. The van der Waals surface area contributed by atoms with Crippen LogP contribution in [0, 0.1) is 0 Å². The molecule has 0 aliphatic rings. The van der Waals surface area contributed by atoms with Crippen LogP contribution in [0.3, 0.4) is 0 Å². The molecule has 0 saturated heterocycles. The van der Waals surface area contributed by atoms with Crippen molar-refractivity contribution in [2.45, 2.75) is 18.9 Å². The van der Waals surface area contributed by atoms with Crippen molar-refractivity contribution in [2.24, 2.45) is 0 Å². The standard InChI is InChI=1S/C16H17N3O3/c20-10-1-3-14(11-21)19-16(22)13-6-4-12(5-7-13)15-17-8-2-9-18-15/h2,4-9,11,14,20H,1,3,10H2,(H,19,22). The first-order valence-electron chi connectivity index (χ1n) is 6.99. The highest BCUT2D eigenvalue weighted by Crippen LogP contribution is 2.14. The van der Waals surface area contributed by atoms with Crippen molar-refractivity contribution in [2.75, 3.05) is 6.61 Å². The van der Waals surface area contributed by atoms with Crippen LogP contribution in [0.2, 0.25) is 0 Å². The van der Waals surface area contributed by atoms with Crippen LogP contribution in [-0.2, 0) is 4.79 Å². The van der Waals surface area contributed by atoms with Crippen molar-refractivity contribution in [1.29, 1.82) is 0 Å². The van der Waals surface area contributed by atoms with Gasteiger partial charge in [-0.1, -0.05) is 12.1 Å². The minimum absolute atomic E-state index is 0.00795. The maximum absolute atomic E-state index is 12.1. The van der Waals surface area contributed by atoms with E-state index in [0.29, 0.717) is 30.5 Å². The van der Waals surface area contributed by atoms with E-state index < -0.39 is 6.04 Å². The van der Waals surface area contributed by atoms with Gasteiger partial charge in [-0.3, -0.25) is 4.79 Å². The lowest BCUT2D eigenvalue weighted by molar-refractivity contribution is -0.109. The summed E-state index contributed by atoms with van der Waals surface area (Å²) in [6.45, 7) is -0.00795. The Labute approximate surface area is 128 Å². The molecule has 0 spiro atoms. The quantitative estimate of drug-likeness (QED) is 0.750. The number of benzene rings is 1. The Hall–Kier alpha value is -2.60. The van der Waals surface area contributed by atoms with Gasteiger partial charge in [0.1, 0.15) is 6.29 Å². The lowest BCUT2D eigenvalue weighted by Crippen LogP contribution is -2.36. The first-order chi connectivity index (χ1) is 10.7. The second-order valence-electron chi connectivity index (χ2n) is 4.73. The highest BCUT2D eigenvalue weighted by Gasteiger charge is 2.13. The number of hydrogen-bond donors (Lipinski definition) is 2. The molecule has 0 bridgehead atoms. The molecule has 114 valence electrons. The lowest BCUT2D eigenvalue weighted by Gasteiger charge is -2.12. The summed E-state index contributed by atoms with van der Waals surface area (Å²) in [5, 5.41) is 11.4. The average Bonchev–Trinajstić information content (AvgIpc) is 2.59. The van der Waals surface area contributed by atoms with Crippen molar-refractivity contribution >= 4 is 12.2 Å². The molecule has 1 unspecified atom stereocenters. The van der Waals surface area contributed by atoms with Gasteiger partial charge in [-0.25, -0.2) is 9.97 Å². The van der Waals surface area contributed by atoms with Crippen LogP contribution in [-0.4, -0.2) is 39.9 Å². The summed E-state index contributed by atoms with van der Waals surface area (Å²) in [5.41, 5.74) is 1.26. The number of rotatable bonds is 7. The van der Waals surface area contributed by atoms with Crippen molar-refractivity contribution in [1.82, 2.24) is 15.3 Å². The fourth-order valence-corrected chi connectivity index (χ4v) is 1.96. The van der Waals surface area contributed by atoms with Gasteiger partial charge in [0, 0.05) is 30.1 Å². The van der Waals surface area contributed by atoms with Gasteiger partial charge >= 0.3 is 0 Å². The predicted octanol–water partition coefficient (Wildman–Crippen LogP) is 1.21. The smallest absolute Gasteiger partial charge is 0.251 e. The summed E-state index contributed by atoms with van der Waals surface area (Å²) in [6, 6.07) is 7.99. The van der Waals surface area contributed by atoms with E-state index in [0.717, 1.165) is 5.56 Å². The molecule has 1 amide bonds. The zero-order chi connectivity index (χ0) is 15.8. The van der Waals surface area contributed by atoms with E-state index in [4.69, 9.17) is 5.11 Å². The minimum Gasteiger partial charge on any atom is -0.396 e. The molecule has 0 radical (unpaired) electrons. The van der Waals surface area contributed by atoms with Gasteiger partial charge in [0.15, 0.2) is 5.82 Å². The number of carbonyl (C=O) groups is 2. The van der Waals surface area contributed by atoms with Gasteiger partial charge < -0.3 is 15.2 Å². The number of aliphatic hydroxyl groups excluding tert-OH is 1. The van der Waals surface area contributed by atoms with E-state index in [1.54, 1.807) is 42.7 Å². The number of aliphatic hydroxyl groups is 1. The molecule has 1 aromatic heterocycles. The summed E-state index contributed by atoms with van der Waals surface area (Å²) < 4.78 is 0. The first-order valence-corrected chi connectivity index (χ1v) is 6.99. The summed E-state index contributed by atoms with van der Waals surface area (Å²) in [7, 11) is 0. The van der Waals surface area contributed by atoms with E-state index in [1.807, 2.05) is 0 Å². The number of nitrogens with zero attached hydrogens (tertiary/aromatic N) is 2. The van der Waals surface area contributed by atoms with Crippen LogP contribution >= 0.6 is 0 Å². The zero-order valence-corrected chi connectivity index (χ0v) is 12.0. The van der Waals surface area contributed by atoms with Gasteiger partial charge in [-0.05, 0) is 31.0 Å². The number of aldehydes is 1. The van der Waals surface area contributed by atoms with E-state index >= 15 is 0 Å². The van der Waals surface area contributed by atoms with Gasteiger partial charge in [-0.15, -0.1) is 0 Å². The van der Waals surface area contributed by atoms with Gasteiger partial charge in [0.25, 0.3) is 5.91 Å². The van der Waals surface area contributed by atoms with Gasteiger partial charge in [0.05, 0.1) is 6.04 Å². The number of hydrogen-bond acceptors (Lipinski definition) is 5. The topological polar surface area (TPSA) is 92.2 Å². The third kappa shape index (κ3) is 4.20. The molecule has 1 atom stereocenters. The SMILES string of the molecule is O=CC(CCCO)NC(=O)c1ccc(-c2ncccn2)cc1. The zero-order valence-electron chi connectivity index (χ0n) is 12.0. The number of nitrogens with one attached hydrogen (secondary N) is 1. The van der Waals surface area contributed by atoms with Crippen LogP contribution in [0.5, 0.6) is 0 Å². The van der Waals surface area contributed by atoms with Crippen molar-refractivity contribution < 1.29 is 14.7 Å². The van der Waals surface area contributed by atoms with Gasteiger partial charge in [-0.2, -0.15) is 0 Å². The fraction of sp³-hybridized carbons (Fsp3) is 0.250. The summed E-state index contributed by atoms with van der Waals surface area (Å²) in [6.07, 6.45) is 4.87. The molecule has 0 fully saturated rings. The molecule has 1 heterocycles. The first kappa shape index (κ1) is 15.8. The third-order valence-electron chi connectivity index (χ3n) is 3.13. The molecule has 2 N–H and O–H groups in total. The average molecular weight is 299 g/mol. The van der Waals surface area contributed by atoms with E-state index in [-0.39, 0.29) is 12.5 Å². The molecular formula is C16H17N3O3. The maximum Gasteiger partial charge on any atom is 0.251 e. The summed E-state index contributed by atoms with van der Waals surface area (Å²) >= 11 is 0. The molecule has 6 heteroatoms. The van der Waals surface area contributed by atoms with E-state index in [1.165, 1.54) is 0 Å². The van der Waals surface area contributed by atoms with Crippen molar-refractivity contribution in [3.63, 3.8) is 0 Å². The second kappa shape index (κ2) is 7.99. The number of aromatic nitrogens is 2. The third-order valence-corrected chi connectivity index (χ3v) is 3.13. The van der Waals surface area contributed by atoms with Crippen LogP contribution in [0.4, 0.5) is 0 Å². The minimum atomic E-state index is -0.586. The molecule has 0 aliphatic carbocycles. The van der Waals surface area contributed by atoms with Crippen LogP contribution in [0.25, 0.3) is 11.4 Å². The molecule has 22 heavy (non-hydrogen) atoms. The molecule has 0 aliphatic heterocycles. The molecule has 2 rings (SSSR count). The Bertz CT molecular complexity index is 614. The van der Waals surface area contributed by atoms with Crippen LogP contribution in [0.15, 0.2) is 42.7 Å². The van der Waals surface area contributed by atoms with E-state index in [2.05, 4.69) is 15.3 Å². The lowest BCUT2D eigenvalue weighted by atomic mass is 10.1. The Kier molecular flexibility index (Phi) is 5.73. The molecule has 6 nitrogen and oxygen atoms in total. The molecular weight excluding hydrogens is 282 g/mol. The highest BCUT2D eigenvalue weighted by molar-refractivity contribution is 5.96. The monoisotopic (exact) mass is 299 g/mol. The Morgan fingerprint density at radius 3 is 2.50 bits per heavy atom. The van der Waals surface area contributed by atoms with Crippen molar-refractivity contribution in [3.8, 4) is 11.4 Å². The predicted molar refractivity (Wildman–Crippen MR) is 81.1 cm³/mol. The van der Waals surface area contributed by atoms with E-state index in [9.17, 15) is 9.59 Å². The fourth-order valence-electron chi connectivity index (χ4n) is 1.96. The largest absolute Gasteiger partial charge is 0.396 e. The highest BCUT2D eigenvalue weighted by atomic mass is 16.3. The Morgan fingerprint density at radius 1 is 1.23 bits per heavy atom. The Balaban J connectivity index is 2.03. The van der Waals surface area contributed by atoms with Crippen LogP contribution in [0.1, 0.15) is 23.2 Å². The summed E-state index contributed by atoms with van der Waals surface area (Å²) in [4.78, 5) is 31.2. The maximum atomic E-state index is 12.1. The Morgan fingerprint density at radius 2 is 1.91 bits per heavy atom. The second-order valence-corrected chi connectivity index (χ2v) is 4.73. The van der Waals surface area contributed by atoms with Crippen molar-refractivity contribution in [3.05, 3.63) is 48.3 Å². The van der Waals surface area contributed by atoms with Crippen LogP contribution < -0.4 is 5.32 Å². The van der Waals surface area contributed by atoms with Gasteiger partial charge in [0.2, 0.25) is 0 Å². The number of carbonyl (C=O) groups excluding carboxylic acids is 2. The number of amides is 1. The molecule has 2 aromatic rings.